The van der Waals surface area contributed by atoms with Crippen LogP contribution in [0, 0.1) is 16.7 Å². The number of sulfonamides is 1. The lowest BCUT2D eigenvalue weighted by atomic mass is 9.63. The molecule has 7 heteroatoms. The Bertz CT molecular complexity index is 1100. The molecule has 0 aromatic heterocycles. The monoisotopic (exact) mass is 473 g/mol. The summed E-state index contributed by atoms with van der Waals surface area (Å²) in [5, 5.41) is 11.7. The maximum Gasteiger partial charge on any atom is 0.308 e. The van der Waals surface area contributed by atoms with Crippen molar-refractivity contribution >= 4 is 22.1 Å². The lowest BCUT2D eigenvalue weighted by Gasteiger charge is -2.48. The van der Waals surface area contributed by atoms with Crippen LogP contribution in [0.2, 0.25) is 0 Å². The van der Waals surface area contributed by atoms with Crippen LogP contribution in [0.5, 0.6) is 0 Å². The van der Waals surface area contributed by atoms with Gasteiger partial charge >= 0.3 is 5.97 Å². The van der Waals surface area contributed by atoms with Gasteiger partial charge in [0.05, 0.1) is 24.9 Å². The predicted octanol–water partition coefficient (Wildman–Crippen LogP) is 3.50. The number of esters is 1. The molecule has 33 heavy (non-hydrogen) atoms. The van der Waals surface area contributed by atoms with Crippen LogP contribution in [0.1, 0.15) is 63.5 Å². The van der Waals surface area contributed by atoms with Gasteiger partial charge < -0.3 is 9.84 Å². The molecule has 4 aliphatic rings. The molecule has 5 rings (SSSR count). The molecule has 1 heterocycles. The van der Waals surface area contributed by atoms with Crippen LogP contribution < -0.4 is 0 Å². The fourth-order valence-electron chi connectivity index (χ4n) is 7.67. The molecule has 2 bridgehead atoms. The minimum atomic E-state index is -3.62. The van der Waals surface area contributed by atoms with Crippen LogP contribution in [0.4, 0.5) is 0 Å². The molecular weight excluding hydrogens is 438 g/mol. The molecule has 180 valence electrons. The fourth-order valence-corrected chi connectivity index (χ4v) is 10.00. The molecule has 0 radical (unpaired) electrons. The summed E-state index contributed by atoms with van der Waals surface area (Å²) < 4.78 is 34.1. The number of carbonyl (C=O) groups is 1. The van der Waals surface area contributed by atoms with Gasteiger partial charge in [-0.25, -0.2) is 12.7 Å². The van der Waals surface area contributed by atoms with Crippen molar-refractivity contribution in [2.24, 2.45) is 16.7 Å². The van der Waals surface area contributed by atoms with E-state index in [4.69, 9.17) is 4.74 Å². The molecule has 3 unspecified atom stereocenters. The van der Waals surface area contributed by atoms with Crippen molar-refractivity contribution in [3.05, 3.63) is 41.5 Å². The minimum Gasteiger partial charge on any atom is -0.469 e. The maximum atomic E-state index is 13.8. The first-order valence-corrected chi connectivity index (χ1v) is 13.7. The smallest absolute Gasteiger partial charge is 0.308 e. The van der Waals surface area contributed by atoms with Crippen molar-refractivity contribution in [1.29, 1.82) is 0 Å². The average molecular weight is 474 g/mol. The molecule has 3 aliphatic carbocycles. The number of allylic oxidation sites excluding steroid dienone is 1. The number of hydrogen-bond donors (Lipinski definition) is 1. The number of rotatable bonds is 5. The zero-order chi connectivity index (χ0) is 23.7. The number of nitrogens with zero attached hydrogens (tertiary/aromatic N) is 1. The number of aliphatic hydroxyl groups is 1. The number of methoxy groups -OCH3 is 1. The van der Waals surface area contributed by atoms with E-state index in [1.165, 1.54) is 18.2 Å². The Labute approximate surface area is 197 Å². The van der Waals surface area contributed by atoms with E-state index in [1.807, 2.05) is 6.07 Å². The Morgan fingerprint density at radius 2 is 1.88 bits per heavy atom. The summed E-state index contributed by atoms with van der Waals surface area (Å²) >= 11 is 0. The Balaban J connectivity index is 1.39. The van der Waals surface area contributed by atoms with Crippen molar-refractivity contribution in [3.8, 4) is 0 Å². The number of carbonyl (C=O) groups excluding carboxylic acids is 1. The summed E-state index contributed by atoms with van der Waals surface area (Å²) in [6, 6.07) is 8.36. The first-order chi connectivity index (χ1) is 15.5. The lowest BCUT2D eigenvalue weighted by Crippen LogP contribution is -2.57. The summed E-state index contributed by atoms with van der Waals surface area (Å²) in [4.78, 5) is 12.2. The molecule has 1 N–H and O–H groups in total. The van der Waals surface area contributed by atoms with Gasteiger partial charge in [-0.05, 0) is 54.6 Å². The molecule has 1 aliphatic heterocycles. The third-order valence-electron chi connectivity index (χ3n) is 9.83. The van der Waals surface area contributed by atoms with Gasteiger partial charge in [0.15, 0.2) is 0 Å². The summed E-state index contributed by atoms with van der Waals surface area (Å²) in [7, 11) is -2.31. The standard InChI is InChI=1S/C26H35NO5S/c1-23(2)20-9-11-25(23,26(29,16-20)17-22(28)32-3)18-33(30,31)27-14-12-24(13-15-27)10-8-19-6-4-5-7-21(19)24/h4-8,10,20,29H,9,11-18H2,1-3H3. The van der Waals surface area contributed by atoms with Gasteiger partial charge in [0.1, 0.15) is 0 Å². The fraction of sp³-hybridized carbons (Fsp3) is 0.654. The first-order valence-electron chi connectivity index (χ1n) is 12.0. The highest BCUT2D eigenvalue weighted by molar-refractivity contribution is 7.89. The van der Waals surface area contributed by atoms with Gasteiger partial charge in [-0.1, -0.05) is 50.3 Å². The first kappa shape index (κ1) is 23.1. The molecule has 1 spiro atoms. The number of hydrogen-bond acceptors (Lipinski definition) is 5. The van der Waals surface area contributed by atoms with Gasteiger partial charge in [0.25, 0.3) is 0 Å². The summed E-state index contributed by atoms with van der Waals surface area (Å²) in [5.41, 5.74) is -0.144. The minimum absolute atomic E-state index is 0.0857. The number of fused-ring (bicyclic) bond motifs is 4. The Kier molecular flexibility index (Phi) is 5.17. The SMILES string of the molecule is COC(=O)CC1(O)CC2CCC1(CS(=O)(=O)N1CCC3(C=Cc4ccccc43)CC1)C2(C)C. The van der Waals surface area contributed by atoms with Crippen molar-refractivity contribution < 1.29 is 23.1 Å². The lowest BCUT2D eigenvalue weighted by molar-refractivity contribution is -0.155. The Morgan fingerprint density at radius 1 is 1.18 bits per heavy atom. The second-order valence-electron chi connectivity index (χ2n) is 11.3. The van der Waals surface area contributed by atoms with E-state index in [2.05, 4.69) is 44.2 Å². The second-order valence-corrected chi connectivity index (χ2v) is 13.2. The van der Waals surface area contributed by atoms with E-state index >= 15 is 0 Å². The van der Waals surface area contributed by atoms with Crippen molar-refractivity contribution in [2.45, 2.75) is 63.4 Å². The molecule has 1 aromatic carbocycles. The Morgan fingerprint density at radius 3 is 2.55 bits per heavy atom. The van der Waals surface area contributed by atoms with E-state index in [0.29, 0.717) is 25.9 Å². The highest BCUT2D eigenvalue weighted by Gasteiger charge is 2.72. The van der Waals surface area contributed by atoms with Gasteiger partial charge in [0, 0.05) is 23.9 Å². The van der Waals surface area contributed by atoms with Gasteiger partial charge in [0.2, 0.25) is 10.0 Å². The summed E-state index contributed by atoms with van der Waals surface area (Å²) in [6.07, 6.45) is 7.72. The van der Waals surface area contributed by atoms with E-state index < -0.39 is 27.0 Å². The maximum absolute atomic E-state index is 13.8. The number of benzene rings is 1. The highest BCUT2D eigenvalue weighted by Crippen LogP contribution is 2.71. The largest absolute Gasteiger partial charge is 0.469 e. The molecular formula is C26H35NO5S. The predicted molar refractivity (Wildman–Crippen MR) is 127 cm³/mol. The van der Waals surface area contributed by atoms with Gasteiger partial charge in [-0.2, -0.15) is 0 Å². The molecule has 3 fully saturated rings. The van der Waals surface area contributed by atoms with Gasteiger partial charge in [-0.15, -0.1) is 0 Å². The zero-order valence-corrected chi connectivity index (χ0v) is 20.7. The van der Waals surface area contributed by atoms with E-state index in [-0.39, 0.29) is 28.9 Å². The van der Waals surface area contributed by atoms with Crippen LogP contribution in [0.3, 0.4) is 0 Å². The van der Waals surface area contributed by atoms with Crippen LogP contribution >= 0.6 is 0 Å². The molecule has 1 saturated heterocycles. The second kappa shape index (κ2) is 7.40. The number of ether oxygens (including phenoxy) is 1. The van der Waals surface area contributed by atoms with E-state index in [0.717, 1.165) is 19.3 Å². The zero-order valence-electron chi connectivity index (χ0n) is 19.8. The quantitative estimate of drug-likeness (QED) is 0.662. The molecule has 0 amide bonds. The number of piperidine rings is 1. The van der Waals surface area contributed by atoms with Crippen molar-refractivity contribution in [2.75, 3.05) is 26.0 Å². The normalized spacial score (nSPS) is 34.0. The third-order valence-corrected chi connectivity index (χ3v) is 11.8. The molecule has 6 nitrogen and oxygen atoms in total. The van der Waals surface area contributed by atoms with Crippen LogP contribution in [-0.4, -0.2) is 55.4 Å². The van der Waals surface area contributed by atoms with Gasteiger partial charge in [-0.3, -0.25) is 4.79 Å². The van der Waals surface area contributed by atoms with Crippen LogP contribution in [0.25, 0.3) is 6.08 Å². The summed E-state index contributed by atoms with van der Waals surface area (Å²) in [5.74, 6) is -0.396. The van der Waals surface area contributed by atoms with Crippen molar-refractivity contribution in [3.63, 3.8) is 0 Å². The summed E-state index contributed by atoms with van der Waals surface area (Å²) in [6.45, 7) is 5.08. The van der Waals surface area contributed by atoms with Crippen molar-refractivity contribution in [1.82, 2.24) is 4.31 Å². The topological polar surface area (TPSA) is 83.9 Å². The highest BCUT2D eigenvalue weighted by atomic mass is 32.2. The average Bonchev–Trinajstić information content (AvgIpc) is 3.29. The van der Waals surface area contributed by atoms with Crippen LogP contribution in [0.15, 0.2) is 30.3 Å². The Hall–Kier alpha value is -1.70. The van der Waals surface area contributed by atoms with Crippen LogP contribution in [-0.2, 0) is 25.0 Å². The molecule has 2 saturated carbocycles. The third kappa shape index (κ3) is 3.18. The van der Waals surface area contributed by atoms with E-state index in [9.17, 15) is 18.3 Å². The molecule has 1 aromatic rings. The van der Waals surface area contributed by atoms with E-state index in [1.54, 1.807) is 4.31 Å². The molecule has 3 atom stereocenters.